The van der Waals surface area contributed by atoms with Crippen LogP contribution < -0.4 is 0 Å². The second-order valence-corrected chi connectivity index (χ2v) is 6.23. The van der Waals surface area contributed by atoms with Crippen molar-refractivity contribution in [3.8, 4) is 0 Å². The monoisotopic (exact) mass is 286 g/mol. The minimum atomic E-state index is -0.746. The van der Waals surface area contributed by atoms with Gasteiger partial charge in [0.1, 0.15) is 11.2 Å². The van der Waals surface area contributed by atoms with Gasteiger partial charge in [-0.3, -0.25) is 9.15 Å². The molecule has 0 saturated carbocycles. The fraction of sp³-hybridized carbons (Fsp3) is 0.714. The molecule has 20 heavy (non-hydrogen) atoms. The molecule has 6 heteroatoms. The van der Waals surface area contributed by atoms with Gasteiger partial charge in [0.15, 0.2) is 0 Å². The summed E-state index contributed by atoms with van der Waals surface area (Å²) in [5.41, 5.74) is -1.31. The maximum atomic E-state index is 11.9. The highest BCUT2D eigenvalue weighted by Gasteiger charge is 2.36. The maximum absolute atomic E-state index is 11.9. The lowest BCUT2D eigenvalue weighted by Gasteiger charge is -2.24. The van der Waals surface area contributed by atoms with Crippen LogP contribution in [0.1, 0.15) is 75.5 Å². The van der Waals surface area contributed by atoms with Gasteiger partial charge < -0.3 is 9.47 Å². The first-order chi connectivity index (χ1) is 9.06. The van der Waals surface area contributed by atoms with E-state index in [-0.39, 0.29) is 11.5 Å². The number of hydrogen-bond acceptors (Lipinski definition) is 6. The van der Waals surface area contributed by atoms with Crippen molar-refractivity contribution >= 4 is 11.9 Å². The Balaban J connectivity index is 2.72. The average molecular weight is 286 g/mol. The number of hydrogen-bond donors (Lipinski definition) is 0. The first-order valence-corrected chi connectivity index (χ1v) is 6.61. The van der Waals surface area contributed by atoms with E-state index in [0.29, 0.717) is 6.42 Å². The predicted octanol–water partition coefficient (Wildman–Crippen LogP) is 3.56. The van der Waals surface area contributed by atoms with Crippen LogP contribution >= 0.6 is 0 Å². The van der Waals surface area contributed by atoms with E-state index in [9.17, 15) is 9.59 Å². The van der Waals surface area contributed by atoms with Crippen LogP contribution in [-0.4, -0.2) is 23.1 Å². The molecule has 1 heterocycles. The molecule has 0 N–H and O–H groups in total. The molecule has 0 aliphatic heterocycles. The molecule has 0 aliphatic rings. The minimum absolute atomic E-state index is 0.247. The van der Waals surface area contributed by atoms with Gasteiger partial charge in [0.2, 0.25) is 0 Å². The second-order valence-electron chi connectivity index (χ2n) is 6.23. The fourth-order valence-electron chi connectivity index (χ4n) is 1.65. The van der Waals surface area contributed by atoms with Crippen LogP contribution in [0.25, 0.3) is 0 Å². The Morgan fingerprint density at radius 2 is 1.40 bits per heavy atom. The smallest absolute Gasteiger partial charge is 0.384 e. The van der Waals surface area contributed by atoms with Crippen molar-refractivity contribution in [2.45, 2.75) is 65.6 Å². The molecule has 0 unspecified atom stereocenters. The van der Waals surface area contributed by atoms with Crippen LogP contribution in [-0.2, 0) is 9.47 Å². The summed E-state index contributed by atoms with van der Waals surface area (Å²) >= 11 is 0. The lowest BCUT2D eigenvalue weighted by Crippen LogP contribution is -2.30. The molecule has 0 bridgehead atoms. The van der Waals surface area contributed by atoms with E-state index in [1.54, 1.807) is 34.6 Å². The van der Waals surface area contributed by atoms with Gasteiger partial charge in [-0.1, -0.05) is 13.3 Å². The van der Waals surface area contributed by atoms with Gasteiger partial charge in [0.25, 0.3) is 0 Å². The minimum Gasteiger partial charge on any atom is -0.454 e. The zero-order valence-electron chi connectivity index (χ0n) is 12.9. The van der Waals surface area contributed by atoms with Gasteiger partial charge in [-0.15, -0.1) is 0 Å². The quantitative estimate of drug-likeness (QED) is 0.608. The first-order valence-electron chi connectivity index (χ1n) is 6.61. The zero-order valence-corrected chi connectivity index (χ0v) is 12.9. The zero-order chi connectivity index (χ0) is 15.6. The summed E-state index contributed by atoms with van der Waals surface area (Å²) in [7, 11) is 0. The number of carbonyl (C=O) groups excluding carboxylic acids is 2. The lowest BCUT2D eigenvalue weighted by atomic mass is 10.0. The van der Waals surface area contributed by atoms with Crippen LogP contribution in [0, 0.1) is 0 Å². The van der Waals surface area contributed by atoms with Crippen molar-refractivity contribution in [1.82, 2.24) is 0 Å². The van der Waals surface area contributed by atoms with Crippen LogP contribution in [0.4, 0.5) is 0 Å². The molecule has 6 nitrogen and oxygen atoms in total. The molecule has 0 aliphatic carbocycles. The van der Waals surface area contributed by atoms with Crippen molar-refractivity contribution in [1.29, 1.82) is 0 Å². The normalized spacial score (nSPS) is 12.3. The van der Waals surface area contributed by atoms with Gasteiger partial charge in [-0.2, -0.15) is 0 Å². The lowest BCUT2D eigenvalue weighted by molar-refractivity contribution is -0.0636. The van der Waals surface area contributed by atoms with E-state index < -0.39 is 23.1 Å². The van der Waals surface area contributed by atoms with E-state index >= 15 is 0 Å². The standard InChI is InChI=1S/C14H22O6/c1-7-8-14(5,6)18-12(16)10-9(19-20-10)11(15)17-13(2,3)4/h7-8H2,1-6H3. The Morgan fingerprint density at radius 1 is 0.950 bits per heavy atom. The van der Waals surface area contributed by atoms with Crippen LogP contribution in [0.3, 0.4) is 0 Å². The van der Waals surface area contributed by atoms with E-state index in [2.05, 4.69) is 9.15 Å². The summed E-state index contributed by atoms with van der Waals surface area (Å²) in [6.45, 7) is 10.7. The summed E-state index contributed by atoms with van der Waals surface area (Å²) in [6, 6.07) is 0. The van der Waals surface area contributed by atoms with Gasteiger partial charge in [0.05, 0.1) is 0 Å². The summed E-state index contributed by atoms with van der Waals surface area (Å²) in [5.74, 6) is -1.97. The summed E-state index contributed by atoms with van der Waals surface area (Å²) in [5, 5.41) is 0. The van der Waals surface area contributed by atoms with Crippen LogP contribution in [0.5, 0.6) is 0 Å². The molecule has 1 aromatic rings. The van der Waals surface area contributed by atoms with Gasteiger partial charge in [-0.05, 0) is 41.0 Å². The number of ether oxygens (including phenoxy) is 2. The third-order valence-electron chi connectivity index (χ3n) is 2.41. The highest BCUT2D eigenvalue weighted by atomic mass is 17.0. The molecule has 1 aromatic heterocycles. The number of rotatable bonds is 5. The molecule has 1 rings (SSSR count). The molecule has 114 valence electrons. The number of esters is 2. The van der Waals surface area contributed by atoms with Crippen LogP contribution in [0.2, 0.25) is 0 Å². The Hall–Kier alpha value is -1.72. The van der Waals surface area contributed by atoms with Crippen molar-refractivity contribution < 1.29 is 28.2 Å². The Morgan fingerprint density at radius 3 is 1.75 bits per heavy atom. The molecule has 0 amide bonds. The molecule has 0 fully saturated rings. The topological polar surface area (TPSA) is 78.9 Å². The van der Waals surface area contributed by atoms with E-state index in [1.165, 1.54) is 0 Å². The molecular weight excluding hydrogens is 264 g/mol. The van der Waals surface area contributed by atoms with Crippen molar-refractivity contribution in [3.63, 3.8) is 0 Å². The predicted molar refractivity (Wildman–Crippen MR) is 70.5 cm³/mol. The third-order valence-corrected chi connectivity index (χ3v) is 2.41. The van der Waals surface area contributed by atoms with Crippen LogP contribution in [0.15, 0.2) is 9.15 Å². The molecular formula is C14H22O6. The van der Waals surface area contributed by atoms with Gasteiger partial charge in [-0.25, -0.2) is 9.59 Å². The highest BCUT2D eigenvalue weighted by molar-refractivity contribution is 5.99. The SMILES string of the molecule is CCCC(C)(C)OC(=O)c1ooc1C(=O)OC(C)(C)C. The second kappa shape index (κ2) is 5.73. The molecule has 0 saturated heterocycles. The Bertz CT molecular complexity index is 472. The maximum Gasteiger partial charge on any atom is 0.384 e. The van der Waals surface area contributed by atoms with Crippen molar-refractivity contribution in [3.05, 3.63) is 11.5 Å². The van der Waals surface area contributed by atoms with Crippen molar-refractivity contribution in [2.24, 2.45) is 0 Å². The first kappa shape index (κ1) is 16.3. The average Bonchev–Trinajstić information content (AvgIpc) is 2.09. The van der Waals surface area contributed by atoms with E-state index in [4.69, 9.17) is 9.47 Å². The van der Waals surface area contributed by atoms with Gasteiger partial charge >= 0.3 is 23.5 Å². The van der Waals surface area contributed by atoms with E-state index in [1.807, 2.05) is 6.92 Å². The summed E-state index contributed by atoms with van der Waals surface area (Å²) in [4.78, 5) is 23.7. The summed E-state index contributed by atoms with van der Waals surface area (Å²) in [6.07, 6.45) is 1.57. The summed E-state index contributed by atoms with van der Waals surface area (Å²) < 4.78 is 19.5. The highest BCUT2D eigenvalue weighted by Crippen LogP contribution is 2.23. The van der Waals surface area contributed by atoms with E-state index in [0.717, 1.165) is 6.42 Å². The molecule has 0 radical (unpaired) electrons. The third kappa shape index (κ3) is 4.43. The van der Waals surface area contributed by atoms with Crippen molar-refractivity contribution in [2.75, 3.05) is 0 Å². The Kier molecular flexibility index (Phi) is 4.68. The molecule has 0 atom stereocenters. The Labute approximate surface area is 118 Å². The number of carbonyl (C=O) groups is 2. The largest absolute Gasteiger partial charge is 0.454 e. The van der Waals surface area contributed by atoms with Gasteiger partial charge in [0, 0.05) is 0 Å². The molecule has 0 aromatic carbocycles. The molecule has 0 spiro atoms. The fourth-order valence-corrected chi connectivity index (χ4v) is 1.65.